The summed E-state index contributed by atoms with van der Waals surface area (Å²) < 4.78 is 22.8. The van der Waals surface area contributed by atoms with Gasteiger partial charge < -0.3 is 14.4 Å². The average molecular weight is 297 g/mol. The van der Waals surface area contributed by atoms with Gasteiger partial charge in [0, 0.05) is 5.69 Å². The first-order valence-electron chi connectivity index (χ1n) is 6.43. The maximum atomic E-state index is 12.4. The normalized spacial score (nSPS) is 11.1. The van der Waals surface area contributed by atoms with Crippen molar-refractivity contribution in [3.8, 4) is 0 Å². The molecule has 5 nitrogen and oxygen atoms in total. The summed E-state index contributed by atoms with van der Waals surface area (Å²) in [4.78, 5) is 11.2. The maximum Gasteiger partial charge on any atom is 0.335 e. The van der Waals surface area contributed by atoms with E-state index >= 15 is 0 Å². The Balaban J connectivity index is 2.75. The fourth-order valence-electron chi connectivity index (χ4n) is 1.63. The van der Waals surface area contributed by atoms with Crippen LogP contribution in [0.25, 0.3) is 0 Å². The minimum atomic E-state index is -3.09. The van der Waals surface area contributed by atoms with Crippen LogP contribution in [0.5, 0.6) is 0 Å². The van der Waals surface area contributed by atoms with Crippen LogP contribution in [0, 0.1) is 0 Å². The van der Waals surface area contributed by atoms with Crippen LogP contribution < -0.4 is 5.32 Å². The number of carbonyl (C=O) groups is 1. The van der Waals surface area contributed by atoms with Crippen molar-refractivity contribution < 1.29 is 18.4 Å². The molecule has 0 radical (unpaired) electrons. The van der Waals surface area contributed by atoms with Crippen molar-refractivity contribution in [2.75, 3.05) is 18.5 Å². The molecule has 1 aromatic carbocycles. The van der Waals surface area contributed by atoms with E-state index in [0.29, 0.717) is 18.9 Å². The first kappa shape index (κ1) is 16.6. The predicted octanol–water partition coefficient (Wildman–Crippen LogP) is 3.58. The molecule has 1 N–H and O–H groups in total. The molecule has 1 aromatic rings. The molecule has 0 saturated heterocycles. The van der Waals surface area contributed by atoms with Crippen molar-refractivity contribution in [2.45, 2.75) is 20.0 Å². The molecule has 1 rings (SSSR count). The zero-order valence-electron chi connectivity index (χ0n) is 11.8. The molecule has 0 aliphatic heterocycles. The zero-order chi connectivity index (χ0) is 15.0. The molecule has 20 heavy (non-hydrogen) atoms. The SMILES string of the molecule is C=CC(=O)Nc1ccc(CP(=O)(OCC)OCC)cc1. The summed E-state index contributed by atoms with van der Waals surface area (Å²) in [7, 11) is -3.09. The number of nitrogens with one attached hydrogen (secondary N) is 1. The quantitative estimate of drug-likeness (QED) is 0.588. The third kappa shape index (κ3) is 5.29. The Kier molecular flexibility index (Phi) is 6.65. The Hall–Kier alpha value is -1.42. The lowest BCUT2D eigenvalue weighted by atomic mass is 10.2. The van der Waals surface area contributed by atoms with Crippen LogP contribution in [0.15, 0.2) is 36.9 Å². The average Bonchev–Trinajstić information content (AvgIpc) is 2.41. The molecule has 6 heteroatoms. The highest BCUT2D eigenvalue weighted by molar-refractivity contribution is 7.53. The van der Waals surface area contributed by atoms with Crippen molar-refractivity contribution in [3.63, 3.8) is 0 Å². The summed E-state index contributed by atoms with van der Waals surface area (Å²) in [5, 5.41) is 2.64. The third-order valence-electron chi connectivity index (χ3n) is 2.43. The van der Waals surface area contributed by atoms with E-state index in [9.17, 15) is 9.36 Å². The lowest BCUT2D eigenvalue weighted by Gasteiger charge is -2.17. The van der Waals surface area contributed by atoms with Gasteiger partial charge in [-0.2, -0.15) is 0 Å². The minimum Gasteiger partial charge on any atom is -0.323 e. The van der Waals surface area contributed by atoms with Crippen LogP contribution in [0.1, 0.15) is 19.4 Å². The molecule has 0 fully saturated rings. The number of rotatable bonds is 8. The standard InChI is InChI=1S/C14H20NO4P/c1-4-14(16)15-13-9-7-12(8-10-13)11-20(17,18-5-2)19-6-3/h4,7-10H,1,5-6,11H2,2-3H3,(H,15,16). The second-order valence-electron chi connectivity index (χ2n) is 3.99. The molecule has 0 saturated carbocycles. The molecule has 0 bridgehead atoms. The number of carbonyl (C=O) groups excluding carboxylic acids is 1. The van der Waals surface area contributed by atoms with Crippen LogP contribution >= 0.6 is 7.60 Å². The van der Waals surface area contributed by atoms with Crippen LogP contribution in [0.2, 0.25) is 0 Å². The van der Waals surface area contributed by atoms with Gasteiger partial charge in [-0.25, -0.2) is 0 Å². The second-order valence-corrected chi connectivity index (χ2v) is 6.05. The first-order valence-corrected chi connectivity index (χ1v) is 8.16. The van der Waals surface area contributed by atoms with Crippen LogP contribution in [-0.2, 0) is 24.6 Å². The van der Waals surface area contributed by atoms with E-state index in [1.807, 2.05) is 0 Å². The molecular formula is C14H20NO4P. The molecule has 1 amide bonds. The summed E-state index contributed by atoms with van der Waals surface area (Å²) in [5.74, 6) is -0.271. The molecule has 0 aliphatic carbocycles. The van der Waals surface area contributed by atoms with E-state index in [4.69, 9.17) is 9.05 Å². The highest BCUT2D eigenvalue weighted by Crippen LogP contribution is 2.51. The van der Waals surface area contributed by atoms with Gasteiger partial charge in [0.25, 0.3) is 0 Å². The van der Waals surface area contributed by atoms with Crippen molar-refractivity contribution in [1.82, 2.24) is 0 Å². The first-order chi connectivity index (χ1) is 9.53. The van der Waals surface area contributed by atoms with Gasteiger partial charge in [0.1, 0.15) is 0 Å². The molecule has 0 atom stereocenters. The van der Waals surface area contributed by atoms with Crippen molar-refractivity contribution in [3.05, 3.63) is 42.5 Å². The molecule has 110 valence electrons. The Morgan fingerprint density at radius 3 is 2.25 bits per heavy atom. The van der Waals surface area contributed by atoms with Gasteiger partial charge in [-0.15, -0.1) is 0 Å². The summed E-state index contributed by atoms with van der Waals surface area (Å²) in [6.45, 7) is 7.61. The Labute approximate surface area is 119 Å². The number of benzene rings is 1. The second kappa shape index (κ2) is 8.00. The van der Waals surface area contributed by atoms with Gasteiger partial charge in [-0.1, -0.05) is 18.7 Å². The zero-order valence-corrected chi connectivity index (χ0v) is 12.7. The van der Waals surface area contributed by atoms with Gasteiger partial charge in [0.15, 0.2) is 0 Å². The van der Waals surface area contributed by atoms with Crippen molar-refractivity contribution in [1.29, 1.82) is 0 Å². The van der Waals surface area contributed by atoms with E-state index in [1.165, 1.54) is 6.08 Å². The van der Waals surface area contributed by atoms with Gasteiger partial charge in [0.05, 0.1) is 19.4 Å². The van der Waals surface area contributed by atoms with Crippen LogP contribution in [-0.4, -0.2) is 19.1 Å². The van der Waals surface area contributed by atoms with E-state index in [1.54, 1.807) is 38.1 Å². The number of hydrogen-bond donors (Lipinski definition) is 1. The number of anilines is 1. The highest BCUT2D eigenvalue weighted by atomic mass is 31.2. The molecule has 0 aromatic heterocycles. The lowest BCUT2D eigenvalue weighted by Crippen LogP contribution is -2.07. The predicted molar refractivity (Wildman–Crippen MR) is 79.8 cm³/mol. The highest BCUT2D eigenvalue weighted by Gasteiger charge is 2.23. The monoisotopic (exact) mass is 297 g/mol. The van der Waals surface area contributed by atoms with E-state index < -0.39 is 7.60 Å². The lowest BCUT2D eigenvalue weighted by molar-refractivity contribution is -0.111. The van der Waals surface area contributed by atoms with Gasteiger partial charge in [-0.3, -0.25) is 9.36 Å². The molecule has 0 heterocycles. The van der Waals surface area contributed by atoms with Gasteiger partial charge in [-0.05, 0) is 37.6 Å². The number of hydrogen-bond acceptors (Lipinski definition) is 4. The van der Waals surface area contributed by atoms with Gasteiger partial charge in [0.2, 0.25) is 5.91 Å². The maximum absolute atomic E-state index is 12.4. The van der Waals surface area contributed by atoms with E-state index in [-0.39, 0.29) is 12.1 Å². The van der Waals surface area contributed by atoms with E-state index in [0.717, 1.165) is 5.56 Å². The Morgan fingerprint density at radius 1 is 1.25 bits per heavy atom. The molecule has 0 spiro atoms. The fourth-order valence-corrected chi connectivity index (χ4v) is 3.33. The molecular weight excluding hydrogens is 277 g/mol. The summed E-state index contributed by atoms with van der Waals surface area (Å²) in [5.41, 5.74) is 1.48. The molecule has 0 unspecified atom stereocenters. The fraction of sp³-hybridized carbons (Fsp3) is 0.357. The van der Waals surface area contributed by atoms with Crippen LogP contribution in [0.3, 0.4) is 0 Å². The van der Waals surface area contributed by atoms with Gasteiger partial charge >= 0.3 is 7.60 Å². The van der Waals surface area contributed by atoms with Crippen molar-refractivity contribution in [2.24, 2.45) is 0 Å². The minimum absolute atomic E-state index is 0.213. The summed E-state index contributed by atoms with van der Waals surface area (Å²) in [6.07, 6.45) is 1.41. The smallest absolute Gasteiger partial charge is 0.323 e. The van der Waals surface area contributed by atoms with E-state index in [2.05, 4.69) is 11.9 Å². The van der Waals surface area contributed by atoms with Crippen molar-refractivity contribution >= 4 is 19.2 Å². The topological polar surface area (TPSA) is 64.6 Å². The number of amides is 1. The summed E-state index contributed by atoms with van der Waals surface area (Å²) >= 11 is 0. The molecule has 0 aliphatic rings. The summed E-state index contributed by atoms with van der Waals surface area (Å²) in [6, 6.07) is 7.03. The third-order valence-corrected chi connectivity index (χ3v) is 4.49. The Morgan fingerprint density at radius 2 is 1.80 bits per heavy atom. The largest absolute Gasteiger partial charge is 0.335 e. The van der Waals surface area contributed by atoms with Crippen LogP contribution in [0.4, 0.5) is 5.69 Å². The Bertz CT molecular complexity index is 488.